The highest BCUT2D eigenvalue weighted by molar-refractivity contribution is 8.14. The molecule has 7 heteroatoms. The average Bonchev–Trinajstić information content (AvgIpc) is 3.30. The van der Waals surface area contributed by atoms with E-state index in [1.807, 2.05) is 49.1 Å². The van der Waals surface area contributed by atoms with E-state index in [0.29, 0.717) is 16.7 Å². The summed E-state index contributed by atoms with van der Waals surface area (Å²) < 4.78 is 0. The number of aliphatic carboxylic acids is 1. The molecule has 1 aliphatic carbocycles. The number of anilines is 1. The van der Waals surface area contributed by atoms with Gasteiger partial charge >= 0.3 is 5.97 Å². The zero-order valence-electron chi connectivity index (χ0n) is 17.1. The Morgan fingerprint density at radius 1 is 1.13 bits per heavy atom. The lowest BCUT2D eigenvalue weighted by Gasteiger charge is -2.37. The highest BCUT2D eigenvalue weighted by atomic mass is 32.2. The predicted octanol–water partition coefficient (Wildman–Crippen LogP) is 5.05. The van der Waals surface area contributed by atoms with Crippen molar-refractivity contribution in [3.05, 3.63) is 53.6 Å². The number of rotatable bonds is 4. The molecule has 0 amide bonds. The quantitative estimate of drug-likeness (QED) is 0.719. The molecule has 0 bridgehead atoms. The maximum atomic E-state index is 11.3. The number of hydrogen-bond donors (Lipinski definition) is 2. The van der Waals surface area contributed by atoms with Crippen molar-refractivity contribution in [3.8, 4) is 5.75 Å². The fourth-order valence-electron chi connectivity index (χ4n) is 4.36. The van der Waals surface area contributed by atoms with Crippen molar-refractivity contribution in [2.75, 3.05) is 10.7 Å². The second-order valence-electron chi connectivity index (χ2n) is 7.82. The Bertz CT molecular complexity index is 1020. The Labute approximate surface area is 180 Å². The fraction of sp³-hybridized carbons (Fsp3) is 0.348. The van der Waals surface area contributed by atoms with E-state index in [1.165, 1.54) is 11.8 Å². The number of hydrogen-bond acceptors (Lipinski definition) is 5. The number of aliphatic imine (C=N–C) groups is 2. The van der Waals surface area contributed by atoms with Gasteiger partial charge in [-0.25, -0.2) is 9.98 Å². The molecule has 2 aromatic rings. The monoisotopic (exact) mass is 423 g/mol. The standard InChI is InChI=1S/C23H25N3O3S/c1-15-8-7-9-16(2)20(15)24-21-23(12-5-6-13-23)26(17-10-3-4-11-18(17)27)22(25-21)30-14-19(28)29/h3-4,7-11,27H,5-6,12-14H2,1-2H3,(H,28,29). The lowest BCUT2D eigenvalue weighted by atomic mass is 9.93. The van der Waals surface area contributed by atoms with Gasteiger partial charge < -0.3 is 15.1 Å². The van der Waals surface area contributed by atoms with E-state index in [-0.39, 0.29) is 11.5 Å². The summed E-state index contributed by atoms with van der Waals surface area (Å²) in [5.41, 5.74) is 3.22. The molecule has 1 fully saturated rings. The van der Waals surface area contributed by atoms with E-state index in [1.54, 1.807) is 12.1 Å². The topological polar surface area (TPSA) is 85.5 Å². The van der Waals surface area contributed by atoms with Crippen LogP contribution >= 0.6 is 11.8 Å². The third-order valence-corrected chi connectivity index (χ3v) is 6.70. The molecule has 4 rings (SSSR count). The number of aryl methyl sites for hydroxylation is 2. The number of para-hydroxylation sites is 3. The van der Waals surface area contributed by atoms with Crippen molar-refractivity contribution < 1.29 is 15.0 Å². The van der Waals surface area contributed by atoms with Crippen molar-refractivity contribution in [2.45, 2.75) is 45.1 Å². The summed E-state index contributed by atoms with van der Waals surface area (Å²) >= 11 is 1.17. The summed E-state index contributed by atoms with van der Waals surface area (Å²) in [5, 5.41) is 20.4. The Kier molecular flexibility index (Phi) is 5.56. The summed E-state index contributed by atoms with van der Waals surface area (Å²) in [6.07, 6.45) is 3.77. The van der Waals surface area contributed by atoms with Crippen LogP contribution in [-0.2, 0) is 4.79 Å². The van der Waals surface area contributed by atoms with E-state index in [2.05, 4.69) is 0 Å². The molecule has 1 aliphatic heterocycles. The number of carbonyl (C=O) groups is 1. The lowest BCUT2D eigenvalue weighted by Crippen LogP contribution is -2.49. The number of amidine groups is 2. The van der Waals surface area contributed by atoms with Gasteiger partial charge in [0, 0.05) is 0 Å². The second-order valence-corrected chi connectivity index (χ2v) is 8.76. The third-order valence-electron chi connectivity index (χ3n) is 5.77. The maximum Gasteiger partial charge on any atom is 0.313 e. The van der Waals surface area contributed by atoms with E-state index in [9.17, 15) is 15.0 Å². The maximum absolute atomic E-state index is 11.3. The highest BCUT2D eigenvalue weighted by Crippen LogP contribution is 2.48. The molecule has 0 aromatic heterocycles. The Hall–Kier alpha value is -2.80. The molecule has 0 radical (unpaired) electrons. The minimum Gasteiger partial charge on any atom is -0.506 e. The van der Waals surface area contributed by atoms with Crippen LogP contribution < -0.4 is 4.90 Å². The smallest absolute Gasteiger partial charge is 0.313 e. The van der Waals surface area contributed by atoms with E-state index >= 15 is 0 Å². The number of aromatic hydroxyl groups is 1. The first kappa shape index (κ1) is 20.5. The molecule has 0 atom stereocenters. The van der Waals surface area contributed by atoms with Crippen LogP contribution in [0.3, 0.4) is 0 Å². The van der Waals surface area contributed by atoms with Crippen molar-refractivity contribution in [3.63, 3.8) is 0 Å². The van der Waals surface area contributed by atoms with E-state index < -0.39 is 11.5 Å². The number of phenolic OH excluding ortho intramolecular Hbond substituents is 1. The number of carboxylic acid groups (broad SMARTS) is 1. The largest absolute Gasteiger partial charge is 0.506 e. The van der Waals surface area contributed by atoms with Gasteiger partial charge in [0.25, 0.3) is 0 Å². The summed E-state index contributed by atoms with van der Waals surface area (Å²) in [6.45, 7) is 4.07. The summed E-state index contributed by atoms with van der Waals surface area (Å²) in [7, 11) is 0. The van der Waals surface area contributed by atoms with E-state index in [0.717, 1.165) is 42.5 Å². The van der Waals surface area contributed by atoms with Gasteiger partial charge in [-0.05, 0) is 49.9 Å². The Balaban J connectivity index is 1.88. The van der Waals surface area contributed by atoms with Crippen LogP contribution in [-0.4, -0.2) is 38.5 Å². The van der Waals surface area contributed by atoms with Crippen molar-refractivity contribution >= 4 is 40.1 Å². The van der Waals surface area contributed by atoms with Crippen LogP contribution in [0.25, 0.3) is 0 Å². The number of nitrogens with zero attached hydrogens (tertiary/aromatic N) is 3. The van der Waals surface area contributed by atoms with Crippen LogP contribution in [0.2, 0.25) is 0 Å². The van der Waals surface area contributed by atoms with Crippen LogP contribution in [0.4, 0.5) is 11.4 Å². The molecule has 2 aromatic carbocycles. The summed E-state index contributed by atoms with van der Waals surface area (Å²) in [6, 6.07) is 13.2. The number of benzene rings is 2. The van der Waals surface area contributed by atoms with Gasteiger partial charge in [0.15, 0.2) is 11.0 Å². The molecule has 2 aliphatic rings. The van der Waals surface area contributed by atoms with Crippen molar-refractivity contribution in [2.24, 2.45) is 9.98 Å². The molecule has 2 N–H and O–H groups in total. The third kappa shape index (κ3) is 3.58. The first-order valence-corrected chi connectivity index (χ1v) is 11.1. The molecule has 30 heavy (non-hydrogen) atoms. The summed E-state index contributed by atoms with van der Waals surface area (Å²) in [4.78, 5) is 23.2. The molecular weight excluding hydrogens is 398 g/mol. The molecule has 6 nitrogen and oxygen atoms in total. The Morgan fingerprint density at radius 2 is 1.80 bits per heavy atom. The molecule has 1 saturated carbocycles. The minimum absolute atomic E-state index is 0.102. The van der Waals surface area contributed by atoms with Crippen LogP contribution in [0.15, 0.2) is 52.4 Å². The predicted molar refractivity (Wildman–Crippen MR) is 122 cm³/mol. The van der Waals surface area contributed by atoms with Crippen LogP contribution in [0.1, 0.15) is 36.8 Å². The van der Waals surface area contributed by atoms with Gasteiger partial charge in [0.05, 0.1) is 17.1 Å². The number of phenols is 1. The molecule has 0 unspecified atom stereocenters. The molecular formula is C23H25N3O3S. The molecule has 1 spiro atoms. The van der Waals surface area contributed by atoms with Gasteiger partial charge in [-0.2, -0.15) is 0 Å². The fourth-order valence-corrected chi connectivity index (χ4v) is 5.17. The highest BCUT2D eigenvalue weighted by Gasteiger charge is 2.51. The zero-order valence-corrected chi connectivity index (χ0v) is 17.9. The summed E-state index contributed by atoms with van der Waals surface area (Å²) in [5.74, 6) is -0.148. The van der Waals surface area contributed by atoms with Gasteiger partial charge in [0.2, 0.25) is 0 Å². The van der Waals surface area contributed by atoms with Gasteiger partial charge in [0.1, 0.15) is 11.3 Å². The Morgan fingerprint density at radius 3 is 2.43 bits per heavy atom. The van der Waals surface area contributed by atoms with Crippen molar-refractivity contribution in [1.82, 2.24) is 0 Å². The first-order valence-electron chi connectivity index (χ1n) is 10.1. The number of thioether (sulfide) groups is 1. The van der Waals surface area contributed by atoms with Gasteiger partial charge in [-0.15, -0.1) is 0 Å². The number of carboxylic acids is 1. The van der Waals surface area contributed by atoms with Crippen molar-refractivity contribution in [1.29, 1.82) is 0 Å². The molecule has 156 valence electrons. The lowest BCUT2D eigenvalue weighted by molar-refractivity contribution is -0.133. The van der Waals surface area contributed by atoms with Crippen LogP contribution in [0.5, 0.6) is 5.75 Å². The van der Waals surface area contributed by atoms with Gasteiger partial charge in [-0.1, -0.05) is 54.9 Å². The molecule has 1 heterocycles. The first-order chi connectivity index (χ1) is 14.4. The van der Waals surface area contributed by atoms with Gasteiger partial charge in [-0.3, -0.25) is 4.79 Å². The van der Waals surface area contributed by atoms with Crippen LogP contribution in [0, 0.1) is 13.8 Å². The molecule has 0 saturated heterocycles. The normalized spacial score (nSPS) is 18.9. The average molecular weight is 424 g/mol. The SMILES string of the molecule is Cc1cccc(C)c1N=C1N=C(SCC(=O)O)N(c2ccccc2O)C12CCCC2. The zero-order chi connectivity index (χ0) is 21.3. The van der Waals surface area contributed by atoms with E-state index in [4.69, 9.17) is 9.98 Å². The minimum atomic E-state index is -0.902. The second kappa shape index (κ2) is 8.14.